The molecule has 2 N–H and O–H groups in total. The quantitative estimate of drug-likeness (QED) is 0.0969. The van der Waals surface area contributed by atoms with Gasteiger partial charge in [0.2, 0.25) is 0 Å². The molecule has 0 bridgehead atoms. The Kier molecular flexibility index (Phi) is 31.8. The van der Waals surface area contributed by atoms with Crippen LogP contribution in [0.5, 0.6) is 0 Å². The molecule has 0 spiro atoms. The van der Waals surface area contributed by atoms with Gasteiger partial charge in [-0.1, -0.05) is 155 Å². The zero-order chi connectivity index (χ0) is 25.5. The van der Waals surface area contributed by atoms with E-state index < -0.39 is 0 Å². The van der Waals surface area contributed by atoms with Crippen molar-refractivity contribution in [2.24, 2.45) is 5.73 Å². The van der Waals surface area contributed by atoms with Crippen LogP contribution in [0.2, 0.25) is 0 Å². The number of unbranched alkanes of at least 4 members (excludes halogenated alkanes) is 22. The van der Waals surface area contributed by atoms with Gasteiger partial charge in [-0.15, -0.1) is 0 Å². The van der Waals surface area contributed by atoms with E-state index in [0.717, 1.165) is 19.6 Å². The highest BCUT2D eigenvalue weighted by Gasteiger charge is 2.08. The van der Waals surface area contributed by atoms with Crippen LogP contribution in [0.25, 0.3) is 0 Å². The molecule has 0 rings (SSSR count). The highest BCUT2D eigenvalue weighted by Crippen LogP contribution is 2.13. The Labute approximate surface area is 222 Å². The van der Waals surface area contributed by atoms with Gasteiger partial charge in [0.25, 0.3) is 0 Å². The van der Waals surface area contributed by atoms with Crippen molar-refractivity contribution in [2.45, 2.75) is 180 Å². The fourth-order valence-electron chi connectivity index (χ4n) is 4.85. The zero-order valence-electron chi connectivity index (χ0n) is 24.5. The van der Waals surface area contributed by atoms with Gasteiger partial charge in [0, 0.05) is 13.2 Å². The van der Waals surface area contributed by atoms with Gasteiger partial charge in [-0.2, -0.15) is 0 Å². The number of nitrogens with two attached hydrogens (primary N) is 1. The maximum absolute atomic E-state index is 6.08. The lowest BCUT2D eigenvalue weighted by atomic mass is 10.1. The highest BCUT2D eigenvalue weighted by molar-refractivity contribution is 4.58. The van der Waals surface area contributed by atoms with Gasteiger partial charge in [-0.25, -0.2) is 0 Å². The van der Waals surface area contributed by atoms with Crippen LogP contribution in [0.3, 0.4) is 0 Å². The first-order valence-corrected chi connectivity index (χ1v) is 16.2. The van der Waals surface area contributed by atoms with Crippen LogP contribution in [0.1, 0.15) is 174 Å². The fourth-order valence-corrected chi connectivity index (χ4v) is 4.85. The summed E-state index contributed by atoms with van der Waals surface area (Å²) in [6.07, 6.45) is 34.3. The molecule has 1 atom stereocenters. The molecule has 0 heterocycles. The molecule has 1 unspecified atom stereocenters. The van der Waals surface area contributed by atoms with Crippen molar-refractivity contribution in [1.29, 1.82) is 0 Å². The van der Waals surface area contributed by atoms with Gasteiger partial charge in [-0.3, -0.25) is 0 Å². The van der Waals surface area contributed by atoms with Crippen LogP contribution in [0.15, 0.2) is 0 Å². The van der Waals surface area contributed by atoms with E-state index in [1.807, 2.05) is 0 Å². The van der Waals surface area contributed by atoms with E-state index in [4.69, 9.17) is 15.2 Å². The van der Waals surface area contributed by atoms with Gasteiger partial charge in [0.15, 0.2) is 0 Å². The van der Waals surface area contributed by atoms with E-state index in [0.29, 0.717) is 13.2 Å². The van der Waals surface area contributed by atoms with Crippen LogP contribution < -0.4 is 5.73 Å². The Morgan fingerprint density at radius 2 is 0.800 bits per heavy atom. The van der Waals surface area contributed by atoms with Crippen LogP contribution in [-0.4, -0.2) is 32.5 Å². The van der Waals surface area contributed by atoms with Gasteiger partial charge < -0.3 is 15.2 Å². The van der Waals surface area contributed by atoms with Crippen molar-refractivity contribution in [3.63, 3.8) is 0 Å². The molecule has 0 saturated heterocycles. The molecule has 0 aliphatic carbocycles. The molecule has 0 radical (unpaired) electrons. The zero-order valence-corrected chi connectivity index (χ0v) is 24.5. The largest absolute Gasteiger partial charge is 0.379 e. The molecule has 0 saturated carbocycles. The molecule has 0 amide bonds. The van der Waals surface area contributed by atoms with Crippen LogP contribution in [0, 0.1) is 0 Å². The Hall–Kier alpha value is -0.120. The summed E-state index contributed by atoms with van der Waals surface area (Å²) in [5.74, 6) is 0. The van der Waals surface area contributed by atoms with Crippen molar-refractivity contribution in [2.75, 3.05) is 26.4 Å². The van der Waals surface area contributed by atoms with E-state index in [-0.39, 0.29) is 6.10 Å². The molecule has 0 aliphatic heterocycles. The molecule has 212 valence electrons. The number of hydrogen-bond acceptors (Lipinski definition) is 3. The van der Waals surface area contributed by atoms with Gasteiger partial charge >= 0.3 is 0 Å². The molecule has 0 aromatic heterocycles. The second-order valence-corrected chi connectivity index (χ2v) is 10.9. The molecule has 3 nitrogen and oxygen atoms in total. The molecular weight excluding hydrogens is 430 g/mol. The minimum atomic E-state index is 0.185. The van der Waals surface area contributed by atoms with Gasteiger partial charge in [-0.05, 0) is 25.8 Å². The van der Waals surface area contributed by atoms with Crippen molar-refractivity contribution >= 4 is 0 Å². The van der Waals surface area contributed by atoms with E-state index in [2.05, 4.69) is 13.8 Å². The average molecular weight is 498 g/mol. The standard InChI is InChI=1S/C32H67NO2/c1-3-5-7-9-11-13-15-17-19-21-23-25-29-34-31-32(27-28-33)35-30-26-24-22-20-18-16-14-12-10-8-6-4-2/h32H,3-31,33H2,1-2H3. The van der Waals surface area contributed by atoms with Crippen LogP contribution in [-0.2, 0) is 9.47 Å². The molecule has 0 aromatic carbocycles. The molecular formula is C32H67NO2. The maximum atomic E-state index is 6.08. The summed E-state index contributed by atoms with van der Waals surface area (Å²) in [6, 6.07) is 0. The molecule has 3 heteroatoms. The van der Waals surface area contributed by atoms with E-state index in [1.165, 1.54) is 154 Å². The van der Waals surface area contributed by atoms with Gasteiger partial charge in [0.1, 0.15) is 0 Å². The van der Waals surface area contributed by atoms with Gasteiger partial charge in [0.05, 0.1) is 12.7 Å². The first-order valence-electron chi connectivity index (χ1n) is 16.2. The number of hydrogen-bond donors (Lipinski definition) is 1. The Bertz CT molecular complexity index is 363. The summed E-state index contributed by atoms with van der Waals surface area (Å²) in [7, 11) is 0. The third-order valence-electron chi connectivity index (χ3n) is 7.29. The predicted molar refractivity (Wildman–Crippen MR) is 156 cm³/mol. The number of ether oxygens (including phenoxy) is 2. The summed E-state index contributed by atoms with van der Waals surface area (Å²) in [4.78, 5) is 0. The first kappa shape index (κ1) is 34.9. The lowest BCUT2D eigenvalue weighted by Gasteiger charge is -2.17. The normalized spacial score (nSPS) is 12.4. The summed E-state index contributed by atoms with van der Waals surface area (Å²) in [5.41, 5.74) is 5.79. The Morgan fingerprint density at radius 3 is 1.17 bits per heavy atom. The molecule has 0 aromatic rings. The Balaban J connectivity index is 3.37. The smallest absolute Gasteiger partial charge is 0.0820 e. The predicted octanol–water partition coefficient (Wildman–Crippen LogP) is 10.1. The molecule has 0 fully saturated rings. The molecule has 0 aliphatic rings. The van der Waals surface area contributed by atoms with Crippen molar-refractivity contribution in [1.82, 2.24) is 0 Å². The van der Waals surface area contributed by atoms with Crippen molar-refractivity contribution in [3.05, 3.63) is 0 Å². The Morgan fingerprint density at radius 1 is 0.457 bits per heavy atom. The minimum Gasteiger partial charge on any atom is -0.379 e. The SMILES string of the molecule is CCCCCCCCCCCCCCOCC(CCN)OCCCCCCCCCCCCCC. The summed E-state index contributed by atoms with van der Waals surface area (Å²) >= 11 is 0. The highest BCUT2D eigenvalue weighted by atomic mass is 16.5. The van der Waals surface area contributed by atoms with Crippen LogP contribution >= 0.6 is 0 Å². The maximum Gasteiger partial charge on any atom is 0.0820 e. The second kappa shape index (κ2) is 31.9. The monoisotopic (exact) mass is 498 g/mol. The lowest BCUT2D eigenvalue weighted by molar-refractivity contribution is -0.0211. The van der Waals surface area contributed by atoms with Crippen molar-refractivity contribution in [3.8, 4) is 0 Å². The topological polar surface area (TPSA) is 44.5 Å². The van der Waals surface area contributed by atoms with E-state index in [9.17, 15) is 0 Å². The summed E-state index contributed by atoms with van der Waals surface area (Å²) in [5, 5.41) is 0. The fraction of sp³-hybridized carbons (Fsp3) is 1.00. The van der Waals surface area contributed by atoms with E-state index >= 15 is 0 Å². The summed E-state index contributed by atoms with van der Waals surface area (Å²) < 4.78 is 12.0. The summed E-state index contributed by atoms with van der Waals surface area (Å²) in [6.45, 7) is 7.72. The lowest BCUT2D eigenvalue weighted by Crippen LogP contribution is -2.24. The number of rotatable bonds is 31. The van der Waals surface area contributed by atoms with Crippen molar-refractivity contribution < 1.29 is 9.47 Å². The third-order valence-corrected chi connectivity index (χ3v) is 7.29. The first-order chi connectivity index (χ1) is 17.3. The van der Waals surface area contributed by atoms with Crippen LogP contribution in [0.4, 0.5) is 0 Å². The molecule has 35 heavy (non-hydrogen) atoms. The average Bonchev–Trinajstić information content (AvgIpc) is 2.87. The van der Waals surface area contributed by atoms with E-state index in [1.54, 1.807) is 0 Å². The second-order valence-electron chi connectivity index (χ2n) is 10.9. The minimum absolute atomic E-state index is 0.185. The third kappa shape index (κ3) is 30.0.